The normalized spacial score (nSPS) is 14.8. The molecule has 1 atom stereocenters. The monoisotopic (exact) mass is 304 g/mol. The molecule has 9 heteroatoms. The molecule has 0 heterocycles. The van der Waals surface area contributed by atoms with Gasteiger partial charge < -0.3 is 21.1 Å². The van der Waals surface area contributed by atoms with Crippen molar-refractivity contribution in [2.24, 2.45) is 0 Å². The number of carboxylic acids is 1. The Hall–Kier alpha value is -1.68. The second-order valence-electron chi connectivity index (χ2n) is 4.54. The van der Waals surface area contributed by atoms with Gasteiger partial charge in [-0.05, 0) is 25.1 Å². The van der Waals surface area contributed by atoms with E-state index in [0.29, 0.717) is 0 Å². The summed E-state index contributed by atoms with van der Waals surface area (Å²) < 4.78 is 26.1. The number of anilines is 1. The lowest BCUT2D eigenvalue weighted by molar-refractivity contribution is 0.00681. The van der Waals surface area contributed by atoms with Gasteiger partial charge in [0.15, 0.2) is 0 Å². The molecule has 0 bridgehead atoms. The molecular formula is C11H16N2O6S. The number of carboxylic acid groups (broad SMARTS) is 1. The molecule has 8 nitrogen and oxygen atoms in total. The minimum absolute atomic E-state index is 0.0873. The summed E-state index contributed by atoms with van der Waals surface area (Å²) in [5, 5.41) is 27.4. The number of sulfonamides is 1. The molecule has 0 aliphatic rings. The molecule has 6 N–H and O–H groups in total. The molecule has 0 aromatic heterocycles. The molecule has 0 aliphatic heterocycles. The average molecular weight is 304 g/mol. The first-order valence-electron chi connectivity index (χ1n) is 5.55. The van der Waals surface area contributed by atoms with E-state index < -0.39 is 45.2 Å². The highest BCUT2D eigenvalue weighted by Crippen LogP contribution is 2.19. The first-order chi connectivity index (χ1) is 9.09. The number of aromatic carboxylic acids is 1. The van der Waals surface area contributed by atoms with Gasteiger partial charge in [-0.3, -0.25) is 0 Å². The Kier molecular flexibility index (Phi) is 4.71. The van der Waals surface area contributed by atoms with E-state index in [1.807, 2.05) is 4.72 Å². The zero-order chi connectivity index (χ0) is 15.6. The molecule has 0 amide bonds. The number of carbonyl (C=O) groups is 1. The largest absolute Gasteiger partial charge is 0.478 e. The van der Waals surface area contributed by atoms with Crippen LogP contribution in [0.5, 0.6) is 0 Å². The van der Waals surface area contributed by atoms with Crippen LogP contribution in [0.4, 0.5) is 5.69 Å². The Balaban J connectivity index is 3.16. The Morgan fingerprint density at radius 2 is 2.05 bits per heavy atom. The van der Waals surface area contributed by atoms with Gasteiger partial charge in [0.1, 0.15) is 0 Å². The predicted octanol–water partition coefficient (Wildman–Crippen LogP) is -1.01. The van der Waals surface area contributed by atoms with E-state index in [0.717, 1.165) is 12.1 Å². The van der Waals surface area contributed by atoms with Gasteiger partial charge in [-0.1, -0.05) is 0 Å². The molecule has 0 saturated heterocycles. The molecular weight excluding hydrogens is 288 g/mol. The van der Waals surface area contributed by atoms with Crippen molar-refractivity contribution in [3.05, 3.63) is 23.8 Å². The molecule has 0 radical (unpaired) electrons. The topological polar surface area (TPSA) is 150 Å². The summed E-state index contributed by atoms with van der Waals surface area (Å²) in [6.45, 7) is 0.102. The lowest BCUT2D eigenvalue weighted by Gasteiger charge is -2.21. The highest BCUT2D eigenvalue weighted by molar-refractivity contribution is 7.89. The third-order valence-corrected chi connectivity index (χ3v) is 3.95. The van der Waals surface area contributed by atoms with Crippen molar-refractivity contribution >= 4 is 21.7 Å². The zero-order valence-electron chi connectivity index (χ0n) is 10.7. The number of hydrogen-bond acceptors (Lipinski definition) is 6. The van der Waals surface area contributed by atoms with Crippen LogP contribution in [-0.4, -0.2) is 48.5 Å². The van der Waals surface area contributed by atoms with Gasteiger partial charge in [0.2, 0.25) is 10.0 Å². The van der Waals surface area contributed by atoms with E-state index in [1.165, 1.54) is 13.0 Å². The summed E-state index contributed by atoms with van der Waals surface area (Å²) in [4.78, 5) is 10.5. The number of nitrogens with one attached hydrogen (secondary N) is 1. The van der Waals surface area contributed by atoms with Gasteiger partial charge in [0.25, 0.3) is 0 Å². The van der Waals surface area contributed by atoms with Crippen LogP contribution >= 0.6 is 0 Å². The van der Waals surface area contributed by atoms with Gasteiger partial charge in [-0.15, -0.1) is 0 Å². The third kappa shape index (κ3) is 3.90. The summed E-state index contributed by atoms with van der Waals surface area (Å²) in [5.74, 6) is -1.42. The van der Waals surface area contributed by atoms with Crippen LogP contribution in [0.15, 0.2) is 23.1 Å². The molecule has 0 fully saturated rings. The van der Waals surface area contributed by atoms with Crippen LogP contribution in [0.3, 0.4) is 0 Å². The second kappa shape index (κ2) is 5.75. The SMILES string of the molecule is CC(O)(CO)CNS(=O)(=O)c1cc(N)ccc1C(=O)O. The van der Waals surface area contributed by atoms with Crippen LogP contribution in [0.2, 0.25) is 0 Å². The number of benzene rings is 1. The number of aliphatic hydroxyl groups excluding tert-OH is 1. The fourth-order valence-corrected chi connectivity index (χ4v) is 2.71. The standard InChI is InChI=1S/C11H16N2O6S/c1-11(17,6-14)5-13-20(18,19)9-4-7(12)2-3-8(9)10(15)16/h2-4,13-14,17H,5-6,12H2,1H3,(H,15,16). The second-order valence-corrected chi connectivity index (χ2v) is 6.28. The smallest absolute Gasteiger partial charge is 0.337 e. The third-order valence-electron chi connectivity index (χ3n) is 2.51. The first kappa shape index (κ1) is 16.4. The summed E-state index contributed by atoms with van der Waals surface area (Å²) in [7, 11) is -4.18. The predicted molar refractivity (Wildman–Crippen MR) is 70.7 cm³/mol. The van der Waals surface area contributed by atoms with Gasteiger partial charge in [-0.25, -0.2) is 17.9 Å². The Morgan fingerprint density at radius 3 is 2.55 bits per heavy atom. The first-order valence-corrected chi connectivity index (χ1v) is 7.03. The van der Waals surface area contributed by atoms with Gasteiger partial charge >= 0.3 is 5.97 Å². The van der Waals surface area contributed by atoms with Crippen molar-refractivity contribution in [3.8, 4) is 0 Å². The van der Waals surface area contributed by atoms with E-state index >= 15 is 0 Å². The molecule has 0 saturated carbocycles. The van der Waals surface area contributed by atoms with Crippen molar-refractivity contribution in [3.63, 3.8) is 0 Å². The quantitative estimate of drug-likeness (QED) is 0.422. The van der Waals surface area contributed by atoms with Crippen molar-refractivity contribution in [1.82, 2.24) is 4.72 Å². The number of aliphatic hydroxyl groups is 2. The zero-order valence-corrected chi connectivity index (χ0v) is 11.5. The van der Waals surface area contributed by atoms with Gasteiger partial charge in [0.05, 0.1) is 22.7 Å². The van der Waals surface area contributed by atoms with Crippen LogP contribution in [0.1, 0.15) is 17.3 Å². The Labute approximate surface area is 115 Å². The highest BCUT2D eigenvalue weighted by atomic mass is 32.2. The van der Waals surface area contributed by atoms with Crippen molar-refractivity contribution in [2.75, 3.05) is 18.9 Å². The summed E-state index contributed by atoms with van der Waals surface area (Å²) >= 11 is 0. The van der Waals surface area contributed by atoms with Crippen LogP contribution in [0.25, 0.3) is 0 Å². The number of nitrogen functional groups attached to an aromatic ring is 1. The van der Waals surface area contributed by atoms with E-state index in [2.05, 4.69) is 0 Å². The molecule has 0 spiro atoms. The van der Waals surface area contributed by atoms with Crippen LogP contribution in [-0.2, 0) is 10.0 Å². The molecule has 0 aliphatic carbocycles. The maximum atomic E-state index is 12.0. The number of hydrogen-bond donors (Lipinski definition) is 5. The molecule has 1 rings (SSSR count). The fourth-order valence-electron chi connectivity index (χ4n) is 1.32. The average Bonchev–Trinajstić information content (AvgIpc) is 2.36. The minimum Gasteiger partial charge on any atom is -0.478 e. The van der Waals surface area contributed by atoms with Crippen LogP contribution in [0, 0.1) is 0 Å². The minimum atomic E-state index is -4.18. The van der Waals surface area contributed by atoms with E-state index in [4.69, 9.17) is 15.9 Å². The number of rotatable bonds is 6. The Bertz CT molecular complexity index is 611. The van der Waals surface area contributed by atoms with E-state index in [9.17, 15) is 18.3 Å². The Morgan fingerprint density at radius 1 is 1.45 bits per heavy atom. The summed E-state index contributed by atoms with van der Waals surface area (Å²) in [6, 6.07) is 3.36. The molecule has 112 valence electrons. The maximum Gasteiger partial charge on any atom is 0.337 e. The molecule has 1 aromatic rings. The summed E-state index contributed by atoms with van der Waals surface area (Å²) in [5.41, 5.74) is 3.45. The fraction of sp³-hybridized carbons (Fsp3) is 0.364. The molecule has 1 aromatic carbocycles. The molecule has 1 unspecified atom stereocenters. The van der Waals surface area contributed by atoms with Gasteiger partial charge in [0, 0.05) is 12.2 Å². The lowest BCUT2D eigenvalue weighted by Crippen LogP contribution is -2.43. The highest BCUT2D eigenvalue weighted by Gasteiger charge is 2.26. The van der Waals surface area contributed by atoms with Crippen molar-refractivity contribution in [2.45, 2.75) is 17.4 Å². The lowest BCUT2D eigenvalue weighted by atomic mass is 10.1. The van der Waals surface area contributed by atoms with Crippen molar-refractivity contribution in [1.29, 1.82) is 0 Å². The van der Waals surface area contributed by atoms with E-state index in [-0.39, 0.29) is 5.69 Å². The van der Waals surface area contributed by atoms with Gasteiger partial charge in [-0.2, -0.15) is 0 Å². The number of nitrogens with two attached hydrogens (primary N) is 1. The molecule has 20 heavy (non-hydrogen) atoms. The van der Waals surface area contributed by atoms with Crippen molar-refractivity contribution < 1.29 is 28.5 Å². The maximum absolute atomic E-state index is 12.0. The summed E-state index contributed by atoms with van der Waals surface area (Å²) in [6.07, 6.45) is 0. The van der Waals surface area contributed by atoms with Crippen LogP contribution < -0.4 is 10.5 Å². The van der Waals surface area contributed by atoms with E-state index in [1.54, 1.807) is 0 Å².